The van der Waals surface area contributed by atoms with Crippen molar-refractivity contribution in [2.24, 2.45) is 0 Å². The Morgan fingerprint density at radius 3 is 1.62 bits per heavy atom. The molecular weight excluding hydrogens is 230 g/mol. The van der Waals surface area contributed by atoms with Crippen LogP contribution in [0.4, 0.5) is 0 Å². The first-order valence-corrected chi connectivity index (χ1v) is 12.8. The van der Waals surface area contributed by atoms with Crippen LogP contribution in [0.3, 0.4) is 0 Å². The summed E-state index contributed by atoms with van der Waals surface area (Å²) in [7, 11) is -2.59. The summed E-state index contributed by atoms with van der Waals surface area (Å²) >= 11 is 0. The van der Waals surface area contributed by atoms with Crippen LogP contribution in [0.1, 0.15) is 13.8 Å². The quantitative estimate of drug-likeness (QED) is 0.555. The highest BCUT2D eigenvalue weighted by Gasteiger charge is 2.33. The molecule has 0 atom stereocenters. The van der Waals surface area contributed by atoms with Crippen molar-refractivity contribution in [3.63, 3.8) is 0 Å². The molecule has 0 unspecified atom stereocenters. The third-order valence-corrected chi connectivity index (χ3v) is 10.1. The zero-order valence-corrected chi connectivity index (χ0v) is 14.1. The zero-order valence-electron chi connectivity index (χ0n) is 12.1. The van der Waals surface area contributed by atoms with Crippen molar-refractivity contribution in [1.82, 2.24) is 4.23 Å². The monoisotopic (exact) mass is 257 g/mol. The molecule has 0 bridgehead atoms. The van der Waals surface area contributed by atoms with Gasteiger partial charge in [-0.1, -0.05) is 44.9 Å². The number of hydrogen-bond donors (Lipinski definition) is 0. The molecule has 0 heterocycles. The van der Waals surface area contributed by atoms with Crippen LogP contribution in [0.15, 0.2) is 11.6 Å². The van der Waals surface area contributed by atoms with Gasteiger partial charge in [0.15, 0.2) is 5.78 Å². The summed E-state index contributed by atoms with van der Waals surface area (Å²) in [4.78, 5) is 11.1. The highest BCUT2D eigenvalue weighted by atomic mass is 28.4. The highest BCUT2D eigenvalue weighted by Crippen LogP contribution is 2.20. The molecule has 0 aromatic carbocycles. The third kappa shape index (κ3) is 5.77. The summed E-state index contributed by atoms with van der Waals surface area (Å²) < 4.78 is 2.69. The number of carbonyl (C=O) groups is 1. The van der Waals surface area contributed by atoms with Crippen molar-refractivity contribution >= 4 is 22.3 Å². The lowest BCUT2D eigenvalue weighted by molar-refractivity contribution is -0.112. The molecule has 0 aliphatic carbocycles. The predicted molar refractivity (Wildman–Crippen MR) is 77.8 cm³/mol. The van der Waals surface area contributed by atoms with E-state index in [-0.39, 0.29) is 5.78 Å². The fraction of sp³-hybridized carbons (Fsp3) is 0.750. The number of ketones is 1. The maximum absolute atomic E-state index is 11.1. The van der Waals surface area contributed by atoms with E-state index >= 15 is 0 Å². The minimum Gasteiger partial charge on any atom is -0.342 e. The standard InChI is InChI=1S/C12H27NOSi2/c1-11(9-12(2)14)10-13(15(3,4)5)16(6,7)8/h9H,10H2,1-8H3/b11-9+. The average molecular weight is 258 g/mol. The zero-order chi connectivity index (χ0) is 13.1. The van der Waals surface area contributed by atoms with Gasteiger partial charge in [-0.2, -0.15) is 0 Å². The van der Waals surface area contributed by atoms with E-state index in [4.69, 9.17) is 0 Å². The second kappa shape index (κ2) is 5.42. The number of hydrogen-bond acceptors (Lipinski definition) is 2. The smallest absolute Gasteiger partial charge is 0.152 e. The van der Waals surface area contributed by atoms with Gasteiger partial charge in [0.2, 0.25) is 0 Å². The number of nitrogens with zero attached hydrogens (tertiary/aromatic N) is 1. The topological polar surface area (TPSA) is 20.3 Å². The lowest BCUT2D eigenvalue weighted by atomic mass is 10.2. The first-order chi connectivity index (χ1) is 6.94. The van der Waals surface area contributed by atoms with Crippen LogP contribution < -0.4 is 0 Å². The van der Waals surface area contributed by atoms with Crippen molar-refractivity contribution in [2.45, 2.75) is 53.1 Å². The minimum atomic E-state index is -1.29. The Balaban J connectivity index is 4.91. The van der Waals surface area contributed by atoms with Gasteiger partial charge in [-0.15, -0.1) is 0 Å². The average Bonchev–Trinajstić information content (AvgIpc) is 1.94. The van der Waals surface area contributed by atoms with Crippen LogP contribution in [0.2, 0.25) is 39.3 Å². The maximum atomic E-state index is 11.1. The van der Waals surface area contributed by atoms with Crippen molar-refractivity contribution in [3.8, 4) is 0 Å². The summed E-state index contributed by atoms with van der Waals surface area (Å²) in [6.07, 6.45) is 1.77. The van der Waals surface area contributed by atoms with Crippen LogP contribution in [-0.4, -0.2) is 33.0 Å². The fourth-order valence-electron chi connectivity index (χ4n) is 2.12. The Kier molecular flexibility index (Phi) is 5.36. The van der Waals surface area contributed by atoms with E-state index in [0.717, 1.165) is 6.54 Å². The van der Waals surface area contributed by atoms with Crippen molar-refractivity contribution in [3.05, 3.63) is 11.6 Å². The van der Waals surface area contributed by atoms with Gasteiger partial charge in [-0.3, -0.25) is 4.79 Å². The van der Waals surface area contributed by atoms with E-state index in [0.29, 0.717) is 0 Å². The van der Waals surface area contributed by atoms with Gasteiger partial charge in [0, 0.05) is 6.54 Å². The summed E-state index contributed by atoms with van der Waals surface area (Å²) in [5.41, 5.74) is 1.19. The Hall–Kier alpha value is -0.196. The van der Waals surface area contributed by atoms with Crippen LogP contribution in [0.25, 0.3) is 0 Å². The molecule has 0 spiro atoms. The van der Waals surface area contributed by atoms with E-state index in [1.54, 1.807) is 13.0 Å². The molecule has 0 N–H and O–H groups in total. The Morgan fingerprint density at radius 2 is 1.38 bits per heavy atom. The first kappa shape index (κ1) is 15.8. The largest absolute Gasteiger partial charge is 0.342 e. The molecule has 0 aliphatic heterocycles. The molecule has 2 nitrogen and oxygen atoms in total. The molecule has 0 aromatic heterocycles. The first-order valence-electron chi connectivity index (χ1n) is 5.90. The van der Waals surface area contributed by atoms with Gasteiger partial charge in [0.1, 0.15) is 16.5 Å². The third-order valence-electron chi connectivity index (χ3n) is 2.48. The van der Waals surface area contributed by atoms with Gasteiger partial charge in [0.05, 0.1) is 0 Å². The Bertz CT molecular complexity index is 270. The summed E-state index contributed by atoms with van der Waals surface area (Å²) in [6, 6.07) is 0. The lowest BCUT2D eigenvalue weighted by Crippen LogP contribution is -2.59. The molecule has 0 aliphatic rings. The highest BCUT2D eigenvalue weighted by molar-refractivity contribution is 6.89. The molecule has 0 amide bonds. The SMILES string of the molecule is CC(=O)/C=C(\C)CN([Si](C)(C)C)[Si](C)(C)C. The fourth-order valence-corrected chi connectivity index (χ4v) is 11.6. The normalized spacial score (nSPS) is 14.4. The van der Waals surface area contributed by atoms with Gasteiger partial charge in [-0.05, 0) is 19.9 Å². The Labute approximate surface area is 103 Å². The second-order valence-corrected chi connectivity index (χ2v) is 16.7. The molecule has 0 saturated heterocycles. The summed E-state index contributed by atoms with van der Waals surface area (Å²) in [6.45, 7) is 18.9. The van der Waals surface area contributed by atoms with Gasteiger partial charge in [0.25, 0.3) is 0 Å². The van der Waals surface area contributed by atoms with Crippen LogP contribution in [-0.2, 0) is 4.79 Å². The van der Waals surface area contributed by atoms with Crippen molar-refractivity contribution < 1.29 is 4.79 Å². The van der Waals surface area contributed by atoms with E-state index in [1.807, 2.05) is 0 Å². The molecule has 0 rings (SSSR count). The molecule has 0 radical (unpaired) electrons. The predicted octanol–water partition coefficient (Wildman–Crippen LogP) is 3.49. The number of rotatable bonds is 5. The number of carbonyl (C=O) groups excluding carboxylic acids is 1. The molecule has 0 fully saturated rings. The molecule has 4 heteroatoms. The molecule has 0 aromatic rings. The van der Waals surface area contributed by atoms with E-state index in [9.17, 15) is 4.79 Å². The van der Waals surface area contributed by atoms with Gasteiger partial charge >= 0.3 is 0 Å². The summed E-state index contributed by atoms with van der Waals surface area (Å²) in [5, 5.41) is 0. The van der Waals surface area contributed by atoms with Crippen LogP contribution in [0.5, 0.6) is 0 Å². The van der Waals surface area contributed by atoms with Gasteiger partial charge in [-0.25, -0.2) is 0 Å². The Morgan fingerprint density at radius 1 is 1.00 bits per heavy atom. The van der Waals surface area contributed by atoms with Gasteiger partial charge < -0.3 is 4.23 Å². The number of allylic oxidation sites excluding steroid dienone is 1. The van der Waals surface area contributed by atoms with E-state index in [1.165, 1.54) is 5.57 Å². The summed E-state index contributed by atoms with van der Waals surface area (Å²) in [5.74, 6) is 0.156. The van der Waals surface area contributed by atoms with E-state index < -0.39 is 16.5 Å². The lowest BCUT2D eigenvalue weighted by Gasteiger charge is -2.43. The second-order valence-electron chi connectivity index (χ2n) is 6.53. The molecule has 0 saturated carbocycles. The van der Waals surface area contributed by atoms with E-state index in [2.05, 4.69) is 50.4 Å². The molecular formula is C12H27NOSi2. The molecule has 16 heavy (non-hydrogen) atoms. The molecule has 94 valence electrons. The van der Waals surface area contributed by atoms with Crippen LogP contribution >= 0.6 is 0 Å². The maximum Gasteiger partial charge on any atom is 0.152 e. The minimum absolute atomic E-state index is 0.156. The van der Waals surface area contributed by atoms with Crippen molar-refractivity contribution in [1.29, 1.82) is 0 Å². The van der Waals surface area contributed by atoms with Crippen molar-refractivity contribution in [2.75, 3.05) is 6.54 Å². The van der Waals surface area contributed by atoms with Crippen LogP contribution in [0, 0.1) is 0 Å².